The van der Waals surface area contributed by atoms with Crippen LogP contribution in [0.25, 0.3) is 0 Å². The van der Waals surface area contributed by atoms with Crippen LogP contribution >= 0.6 is 0 Å². The van der Waals surface area contributed by atoms with Crippen LogP contribution in [0.4, 0.5) is 5.82 Å². The van der Waals surface area contributed by atoms with E-state index in [-0.39, 0.29) is 23.5 Å². The average molecular weight is 252 g/mol. The normalized spacial score (nSPS) is 11.9. The molecule has 0 aromatic carbocycles. The summed E-state index contributed by atoms with van der Waals surface area (Å²) < 4.78 is 5.03. The van der Waals surface area contributed by atoms with Crippen molar-refractivity contribution >= 4 is 17.7 Å². The van der Waals surface area contributed by atoms with Crippen molar-refractivity contribution < 1.29 is 19.4 Å². The van der Waals surface area contributed by atoms with Crippen molar-refractivity contribution in [3.8, 4) is 0 Å². The van der Waals surface area contributed by atoms with E-state index in [1.54, 1.807) is 13.2 Å². The molecule has 1 heterocycles. The number of aromatic nitrogens is 1. The number of methoxy groups -OCH3 is 1. The Morgan fingerprint density at radius 1 is 1.50 bits per heavy atom. The molecule has 0 aliphatic heterocycles. The molecule has 0 saturated heterocycles. The molecule has 1 unspecified atom stereocenters. The minimum atomic E-state index is -1.13. The maximum atomic E-state index is 11.6. The molecule has 1 rings (SSSR count). The van der Waals surface area contributed by atoms with Gasteiger partial charge in [-0.25, -0.2) is 9.78 Å². The summed E-state index contributed by atoms with van der Waals surface area (Å²) >= 11 is 0. The van der Waals surface area contributed by atoms with Crippen LogP contribution < -0.4 is 5.32 Å². The van der Waals surface area contributed by atoms with E-state index in [9.17, 15) is 9.59 Å². The van der Waals surface area contributed by atoms with E-state index in [0.717, 1.165) is 0 Å². The van der Waals surface area contributed by atoms with Gasteiger partial charge in [-0.05, 0) is 25.5 Å². The Kier molecular flexibility index (Phi) is 5.26. The Labute approximate surface area is 105 Å². The molecule has 6 heteroatoms. The van der Waals surface area contributed by atoms with E-state index in [1.807, 2.05) is 6.92 Å². The number of pyridine rings is 1. The number of hydrogen-bond donors (Lipinski definition) is 2. The minimum absolute atomic E-state index is 0.00839. The third kappa shape index (κ3) is 4.50. The first-order valence-corrected chi connectivity index (χ1v) is 5.56. The van der Waals surface area contributed by atoms with Gasteiger partial charge in [-0.2, -0.15) is 0 Å². The molecule has 6 nitrogen and oxygen atoms in total. The van der Waals surface area contributed by atoms with Gasteiger partial charge >= 0.3 is 5.97 Å². The topological polar surface area (TPSA) is 88.5 Å². The first-order chi connectivity index (χ1) is 8.52. The number of anilines is 1. The molecule has 18 heavy (non-hydrogen) atoms. The van der Waals surface area contributed by atoms with Crippen LogP contribution in [0.2, 0.25) is 0 Å². The van der Waals surface area contributed by atoms with Crippen molar-refractivity contribution in [2.75, 3.05) is 12.4 Å². The second-order valence-corrected chi connectivity index (χ2v) is 3.85. The lowest BCUT2D eigenvalue weighted by Crippen LogP contribution is -2.16. The summed E-state index contributed by atoms with van der Waals surface area (Å²) in [5, 5.41) is 11.3. The summed E-state index contributed by atoms with van der Waals surface area (Å²) in [5.41, 5.74) is -0.0990. The molecule has 0 aliphatic carbocycles. The quantitative estimate of drug-likeness (QED) is 0.801. The lowest BCUT2D eigenvalue weighted by atomic mass is 10.2. The molecule has 98 valence electrons. The van der Waals surface area contributed by atoms with Crippen molar-refractivity contribution in [2.24, 2.45) is 0 Å². The van der Waals surface area contributed by atoms with Gasteiger partial charge < -0.3 is 15.2 Å². The van der Waals surface area contributed by atoms with E-state index in [1.165, 1.54) is 12.1 Å². The first kappa shape index (κ1) is 14.1. The van der Waals surface area contributed by atoms with Gasteiger partial charge in [-0.3, -0.25) is 4.79 Å². The maximum Gasteiger partial charge on any atom is 0.354 e. The molecule has 0 aliphatic rings. The molecular weight excluding hydrogens is 236 g/mol. The Morgan fingerprint density at radius 2 is 2.22 bits per heavy atom. The Bertz CT molecular complexity index is 434. The van der Waals surface area contributed by atoms with Gasteiger partial charge in [-0.15, -0.1) is 0 Å². The van der Waals surface area contributed by atoms with Gasteiger partial charge in [0.15, 0.2) is 5.69 Å². The predicted octanol–water partition coefficient (Wildman–Crippen LogP) is 1.53. The minimum Gasteiger partial charge on any atom is -0.477 e. The lowest BCUT2D eigenvalue weighted by molar-refractivity contribution is -0.116. The first-order valence-electron chi connectivity index (χ1n) is 5.56. The lowest BCUT2D eigenvalue weighted by Gasteiger charge is -2.09. The van der Waals surface area contributed by atoms with Crippen molar-refractivity contribution in [1.82, 2.24) is 4.98 Å². The predicted molar refractivity (Wildman–Crippen MR) is 65.5 cm³/mol. The Morgan fingerprint density at radius 3 is 2.83 bits per heavy atom. The van der Waals surface area contributed by atoms with E-state index in [2.05, 4.69) is 10.3 Å². The molecule has 1 atom stereocenters. The van der Waals surface area contributed by atoms with Crippen LogP contribution in [0.1, 0.15) is 30.3 Å². The molecular formula is C12H16N2O4. The smallest absolute Gasteiger partial charge is 0.354 e. The number of nitrogens with zero attached hydrogens (tertiary/aromatic N) is 1. The SMILES string of the molecule is COC(C)CCC(=O)Nc1cccc(C(=O)O)n1. The summed E-state index contributed by atoms with van der Waals surface area (Å²) in [6.07, 6.45) is 0.906. The Hall–Kier alpha value is -1.95. The third-order valence-electron chi connectivity index (χ3n) is 2.42. The molecule has 1 amide bonds. The summed E-state index contributed by atoms with van der Waals surface area (Å²) in [4.78, 5) is 26.1. The summed E-state index contributed by atoms with van der Waals surface area (Å²) in [5.74, 6) is -1.10. The van der Waals surface area contributed by atoms with Gasteiger partial charge in [0.2, 0.25) is 5.91 Å². The number of nitrogens with one attached hydrogen (secondary N) is 1. The highest BCUT2D eigenvalue weighted by atomic mass is 16.5. The summed E-state index contributed by atoms with van der Waals surface area (Å²) in [7, 11) is 1.58. The highest BCUT2D eigenvalue weighted by Gasteiger charge is 2.09. The number of rotatable bonds is 6. The van der Waals surface area contributed by atoms with Gasteiger partial charge in [0.05, 0.1) is 6.10 Å². The zero-order chi connectivity index (χ0) is 13.5. The summed E-state index contributed by atoms with van der Waals surface area (Å²) in [6.45, 7) is 1.87. The van der Waals surface area contributed by atoms with Gasteiger partial charge in [-0.1, -0.05) is 6.07 Å². The van der Waals surface area contributed by atoms with Crippen LogP contribution in [0.15, 0.2) is 18.2 Å². The number of carbonyl (C=O) groups is 2. The second kappa shape index (κ2) is 6.70. The monoisotopic (exact) mass is 252 g/mol. The molecule has 0 radical (unpaired) electrons. The van der Waals surface area contributed by atoms with Gasteiger partial charge in [0.25, 0.3) is 0 Å². The van der Waals surface area contributed by atoms with Crippen LogP contribution in [0.5, 0.6) is 0 Å². The fraction of sp³-hybridized carbons (Fsp3) is 0.417. The van der Waals surface area contributed by atoms with Crippen molar-refractivity contribution in [3.05, 3.63) is 23.9 Å². The molecule has 0 saturated carbocycles. The highest BCUT2D eigenvalue weighted by molar-refractivity contribution is 5.91. The van der Waals surface area contributed by atoms with E-state index < -0.39 is 5.97 Å². The van der Waals surface area contributed by atoms with Crippen molar-refractivity contribution in [3.63, 3.8) is 0 Å². The second-order valence-electron chi connectivity index (χ2n) is 3.85. The number of hydrogen-bond acceptors (Lipinski definition) is 4. The van der Waals surface area contributed by atoms with Crippen LogP contribution in [0.3, 0.4) is 0 Å². The third-order valence-corrected chi connectivity index (χ3v) is 2.42. The molecule has 1 aromatic heterocycles. The largest absolute Gasteiger partial charge is 0.477 e. The maximum absolute atomic E-state index is 11.6. The zero-order valence-electron chi connectivity index (χ0n) is 10.3. The van der Waals surface area contributed by atoms with E-state index in [0.29, 0.717) is 12.8 Å². The number of carbonyl (C=O) groups excluding carboxylic acids is 1. The fourth-order valence-electron chi connectivity index (χ4n) is 1.28. The average Bonchev–Trinajstić information content (AvgIpc) is 2.36. The molecule has 2 N–H and O–H groups in total. The van der Waals surface area contributed by atoms with Crippen LogP contribution in [-0.4, -0.2) is 35.2 Å². The Balaban J connectivity index is 2.54. The molecule has 1 aromatic rings. The number of carboxylic acid groups (broad SMARTS) is 1. The highest BCUT2D eigenvalue weighted by Crippen LogP contribution is 2.07. The summed E-state index contributed by atoms with van der Waals surface area (Å²) in [6, 6.07) is 4.44. The van der Waals surface area contributed by atoms with E-state index in [4.69, 9.17) is 9.84 Å². The van der Waals surface area contributed by atoms with E-state index >= 15 is 0 Å². The van der Waals surface area contributed by atoms with Crippen LogP contribution in [0, 0.1) is 0 Å². The van der Waals surface area contributed by atoms with Crippen molar-refractivity contribution in [1.29, 1.82) is 0 Å². The number of carboxylic acids is 1. The molecule has 0 fully saturated rings. The number of ether oxygens (including phenoxy) is 1. The van der Waals surface area contributed by atoms with Gasteiger partial charge in [0, 0.05) is 13.5 Å². The molecule has 0 spiro atoms. The van der Waals surface area contributed by atoms with Crippen molar-refractivity contribution in [2.45, 2.75) is 25.9 Å². The van der Waals surface area contributed by atoms with Gasteiger partial charge in [0.1, 0.15) is 5.82 Å². The zero-order valence-corrected chi connectivity index (χ0v) is 10.3. The number of amides is 1. The fourth-order valence-corrected chi connectivity index (χ4v) is 1.28. The molecule has 0 bridgehead atoms. The van der Waals surface area contributed by atoms with Crippen LogP contribution in [-0.2, 0) is 9.53 Å². The standard InChI is InChI=1S/C12H16N2O4/c1-8(18-2)6-7-11(15)14-10-5-3-4-9(13-10)12(16)17/h3-5,8H,6-7H2,1-2H3,(H,16,17)(H,13,14,15). The number of aromatic carboxylic acids is 1.